The fourth-order valence-corrected chi connectivity index (χ4v) is 1.89. The van der Waals surface area contributed by atoms with E-state index in [0.29, 0.717) is 21.3 Å². The summed E-state index contributed by atoms with van der Waals surface area (Å²) in [7, 11) is 0. The Morgan fingerprint density at radius 2 is 2.22 bits per heavy atom. The molecule has 0 aliphatic heterocycles. The van der Waals surface area contributed by atoms with Crippen LogP contribution in [0.25, 0.3) is 0 Å². The van der Waals surface area contributed by atoms with Crippen LogP contribution in [0.15, 0.2) is 23.2 Å². The molecule has 0 amide bonds. The predicted molar refractivity (Wildman–Crippen MR) is 70.2 cm³/mol. The third-order valence-corrected chi connectivity index (χ3v) is 2.70. The van der Waals surface area contributed by atoms with Gasteiger partial charge in [-0.1, -0.05) is 29.3 Å². The molecular weight excluding hydrogens is 275 g/mol. The number of hydrogen-bond acceptors (Lipinski definition) is 3. The maximum Gasteiger partial charge on any atom is 0.309 e. The van der Waals surface area contributed by atoms with E-state index < -0.39 is 12.0 Å². The highest BCUT2D eigenvalue weighted by Crippen LogP contribution is 2.28. The highest BCUT2D eigenvalue weighted by Gasteiger charge is 2.14. The van der Waals surface area contributed by atoms with E-state index in [2.05, 4.69) is 4.99 Å². The van der Waals surface area contributed by atoms with Crippen LogP contribution in [0.3, 0.4) is 0 Å². The first-order valence-electron chi connectivity index (χ1n) is 5.03. The Hall–Kier alpha value is -1.57. The van der Waals surface area contributed by atoms with Crippen LogP contribution >= 0.6 is 23.2 Å². The number of aliphatic carboxylic acids is 1. The first-order valence-corrected chi connectivity index (χ1v) is 5.79. The first-order chi connectivity index (χ1) is 8.43. The SMILES string of the molecule is CC(CC(=O)O)=NC(C#N)c1ccc(Cl)cc1Cl. The van der Waals surface area contributed by atoms with Gasteiger partial charge < -0.3 is 5.11 Å². The summed E-state index contributed by atoms with van der Waals surface area (Å²) in [5, 5.41) is 18.5. The fraction of sp³-hybridized carbons (Fsp3) is 0.250. The minimum absolute atomic E-state index is 0.205. The van der Waals surface area contributed by atoms with Gasteiger partial charge in [0.15, 0.2) is 6.04 Å². The van der Waals surface area contributed by atoms with Gasteiger partial charge in [0, 0.05) is 21.3 Å². The van der Waals surface area contributed by atoms with Crippen molar-refractivity contribution >= 4 is 34.9 Å². The van der Waals surface area contributed by atoms with Crippen molar-refractivity contribution < 1.29 is 9.90 Å². The minimum Gasteiger partial charge on any atom is -0.481 e. The second-order valence-corrected chi connectivity index (χ2v) is 4.48. The molecule has 1 rings (SSSR count). The molecule has 0 saturated heterocycles. The monoisotopic (exact) mass is 284 g/mol. The molecule has 0 saturated carbocycles. The molecule has 4 nitrogen and oxygen atoms in total. The lowest BCUT2D eigenvalue weighted by Gasteiger charge is -2.08. The lowest BCUT2D eigenvalue weighted by Crippen LogP contribution is -2.05. The van der Waals surface area contributed by atoms with Crippen LogP contribution in [-0.4, -0.2) is 16.8 Å². The Kier molecular flexibility index (Phi) is 5.14. The summed E-state index contributed by atoms with van der Waals surface area (Å²) in [5.74, 6) is -0.991. The normalized spacial score (nSPS) is 12.9. The highest BCUT2D eigenvalue weighted by molar-refractivity contribution is 6.35. The van der Waals surface area contributed by atoms with Gasteiger partial charge in [-0.3, -0.25) is 9.79 Å². The molecule has 1 unspecified atom stereocenters. The number of nitrogens with zero attached hydrogens (tertiary/aromatic N) is 2. The van der Waals surface area contributed by atoms with Gasteiger partial charge in [0.25, 0.3) is 0 Å². The van der Waals surface area contributed by atoms with Crippen LogP contribution in [0.1, 0.15) is 24.9 Å². The molecule has 0 aromatic heterocycles. The number of carboxylic acid groups (broad SMARTS) is 1. The third kappa shape index (κ3) is 4.02. The van der Waals surface area contributed by atoms with E-state index >= 15 is 0 Å². The van der Waals surface area contributed by atoms with Gasteiger partial charge in [-0.25, -0.2) is 0 Å². The first kappa shape index (κ1) is 14.5. The van der Waals surface area contributed by atoms with Crippen LogP contribution in [-0.2, 0) is 4.79 Å². The summed E-state index contributed by atoms with van der Waals surface area (Å²) in [6.45, 7) is 1.56. The second kappa shape index (κ2) is 6.39. The van der Waals surface area contributed by atoms with Crippen LogP contribution in [0.4, 0.5) is 0 Å². The van der Waals surface area contributed by atoms with Crippen molar-refractivity contribution in [3.05, 3.63) is 33.8 Å². The number of benzene rings is 1. The van der Waals surface area contributed by atoms with Gasteiger partial charge in [-0.05, 0) is 19.1 Å². The van der Waals surface area contributed by atoms with E-state index in [0.717, 1.165) is 0 Å². The average Bonchev–Trinajstić information content (AvgIpc) is 2.25. The Bertz CT molecular complexity index is 535. The summed E-state index contributed by atoms with van der Waals surface area (Å²) >= 11 is 11.7. The van der Waals surface area contributed by atoms with Gasteiger partial charge >= 0.3 is 5.97 Å². The van der Waals surface area contributed by atoms with Crippen molar-refractivity contribution in [1.29, 1.82) is 5.26 Å². The van der Waals surface area contributed by atoms with E-state index in [1.54, 1.807) is 19.1 Å². The number of aliphatic imine (C=N–C) groups is 1. The minimum atomic E-state index is -0.991. The molecular formula is C12H10Cl2N2O2. The Morgan fingerprint density at radius 1 is 1.56 bits per heavy atom. The molecule has 1 atom stereocenters. The second-order valence-electron chi connectivity index (χ2n) is 3.63. The Morgan fingerprint density at radius 3 is 2.72 bits per heavy atom. The zero-order chi connectivity index (χ0) is 13.7. The summed E-state index contributed by atoms with van der Waals surface area (Å²) in [5.41, 5.74) is 0.869. The molecule has 1 aromatic carbocycles. The molecule has 1 aromatic rings. The molecule has 0 bridgehead atoms. The maximum absolute atomic E-state index is 10.5. The molecule has 0 spiro atoms. The van der Waals surface area contributed by atoms with E-state index in [1.807, 2.05) is 6.07 Å². The molecule has 6 heteroatoms. The summed E-state index contributed by atoms with van der Waals surface area (Å²) < 4.78 is 0. The third-order valence-electron chi connectivity index (χ3n) is 2.14. The zero-order valence-corrected chi connectivity index (χ0v) is 11.0. The zero-order valence-electron chi connectivity index (χ0n) is 9.52. The van der Waals surface area contributed by atoms with Crippen LogP contribution < -0.4 is 0 Å². The number of carboxylic acids is 1. The predicted octanol–water partition coefficient (Wildman–Crippen LogP) is 3.49. The van der Waals surface area contributed by atoms with Crippen molar-refractivity contribution in [2.45, 2.75) is 19.4 Å². The molecule has 0 aliphatic rings. The maximum atomic E-state index is 10.5. The van der Waals surface area contributed by atoms with E-state index in [1.165, 1.54) is 6.07 Å². The van der Waals surface area contributed by atoms with Gasteiger partial charge in [0.05, 0.1) is 12.5 Å². The molecule has 1 N–H and O–H groups in total. The van der Waals surface area contributed by atoms with E-state index in [9.17, 15) is 4.79 Å². The molecule has 0 fully saturated rings. The number of halogens is 2. The van der Waals surface area contributed by atoms with Crippen LogP contribution in [0.5, 0.6) is 0 Å². The standard InChI is InChI=1S/C12H10Cl2N2O2/c1-7(4-12(17)18)16-11(6-15)9-3-2-8(13)5-10(9)14/h2-3,5,11H,4H2,1H3,(H,17,18). The van der Waals surface area contributed by atoms with Crippen molar-refractivity contribution in [3.63, 3.8) is 0 Å². The quantitative estimate of drug-likeness (QED) is 0.860. The highest BCUT2D eigenvalue weighted by atomic mass is 35.5. The topological polar surface area (TPSA) is 73.4 Å². The molecule has 94 valence electrons. The fourth-order valence-electron chi connectivity index (χ4n) is 1.38. The number of hydrogen-bond donors (Lipinski definition) is 1. The van der Waals surface area contributed by atoms with Crippen molar-refractivity contribution in [2.75, 3.05) is 0 Å². The van der Waals surface area contributed by atoms with Gasteiger partial charge in [-0.2, -0.15) is 5.26 Å². The largest absolute Gasteiger partial charge is 0.481 e. The van der Waals surface area contributed by atoms with Crippen LogP contribution in [0.2, 0.25) is 10.0 Å². The number of rotatable bonds is 4. The van der Waals surface area contributed by atoms with E-state index in [4.69, 9.17) is 33.6 Å². The Labute approximate surface area is 114 Å². The van der Waals surface area contributed by atoms with Gasteiger partial charge in [-0.15, -0.1) is 0 Å². The van der Waals surface area contributed by atoms with Crippen molar-refractivity contribution in [3.8, 4) is 6.07 Å². The van der Waals surface area contributed by atoms with Crippen LogP contribution in [0, 0.1) is 11.3 Å². The van der Waals surface area contributed by atoms with Gasteiger partial charge in [0.1, 0.15) is 0 Å². The lowest BCUT2D eigenvalue weighted by atomic mass is 10.1. The lowest BCUT2D eigenvalue weighted by molar-refractivity contribution is -0.135. The molecule has 0 heterocycles. The average molecular weight is 285 g/mol. The Balaban J connectivity index is 3.04. The number of nitriles is 1. The number of carbonyl (C=O) groups is 1. The van der Waals surface area contributed by atoms with Gasteiger partial charge in [0.2, 0.25) is 0 Å². The van der Waals surface area contributed by atoms with Crippen molar-refractivity contribution in [2.24, 2.45) is 4.99 Å². The molecule has 0 radical (unpaired) electrons. The molecule has 0 aliphatic carbocycles. The van der Waals surface area contributed by atoms with Crippen molar-refractivity contribution in [1.82, 2.24) is 0 Å². The summed E-state index contributed by atoms with van der Waals surface area (Å²) in [6, 6.07) is 5.88. The molecule has 18 heavy (non-hydrogen) atoms. The summed E-state index contributed by atoms with van der Waals surface area (Å²) in [4.78, 5) is 14.6. The summed E-state index contributed by atoms with van der Waals surface area (Å²) in [6.07, 6.45) is -0.205. The smallest absolute Gasteiger partial charge is 0.309 e. The van der Waals surface area contributed by atoms with E-state index in [-0.39, 0.29) is 6.42 Å².